The van der Waals surface area contributed by atoms with Gasteiger partial charge in [-0.05, 0) is 64.7 Å². The van der Waals surface area contributed by atoms with Gasteiger partial charge in [0.25, 0.3) is 0 Å². The van der Waals surface area contributed by atoms with Crippen LogP contribution in [0, 0.1) is 5.82 Å². The van der Waals surface area contributed by atoms with Crippen molar-refractivity contribution < 1.29 is 22.7 Å². The normalized spacial score (nSPS) is 21.2. The Labute approximate surface area is 150 Å². The Balaban J connectivity index is 2.15. The van der Waals surface area contributed by atoms with Gasteiger partial charge in [0.15, 0.2) is 11.6 Å². The number of aromatic hydroxyl groups is 1. The molecule has 1 unspecified atom stereocenters. The molecule has 0 bridgehead atoms. The lowest BCUT2D eigenvalue weighted by Gasteiger charge is -2.42. The van der Waals surface area contributed by atoms with Gasteiger partial charge in [0.05, 0.1) is 18.3 Å². The largest absolute Gasteiger partial charge is 0.505 e. The molecule has 1 aliphatic heterocycles. The molecule has 25 heavy (non-hydrogen) atoms. The summed E-state index contributed by atoms with van der Waals surface area (Å²) in [7, 11) is 0. The standard InChI is InChI=1S/C17H15BrF4N2O/c1-9-4-10-5-15(25)13(19)6-12(10)16(24(9)8-17(20,21)22)14-3-2-11(18)7-23-14/h2-3,5-7,9,16,25H,4,8H2,1H3/t9-,16?/m1/s1. The monoisotopic (exact) mass is 418 g/mol. The molecule has 1 N–H and O–H groups in total. The van der Waals surface area contributed by atoms with Crippen molar-refractivity contribution in [3.63, 3.8) is 0 Å². The molecular formula is C17H15BrF4N2O. The number of halogens is 5. The molecule has 134 valence electrons. The first kappa shape index (κ1) is 18.1. The summed E-state index contributed by atoms with van der Waals surface area (Å²) in [6.07, 6.45) is -2.61. The van der Waals surface area contributed by atoms with Crippen molar-refractivity contribution in [3.8, 4) is 5.75 Å². The maximum absolute atomic E-state index is 13.9. The van der Waals surface area contributed by atoms with E-state index in [0.717, 1.165) is 6.07 Å². The minimum atomic E-state index is -4.39. The lowest BCUT2D eigenvalue weighted by atomic mass is 9.86. The van der Waals surface area contributed by atoms with E-state index in [2.05, 4.69) is 20.9 Å². The van der Waals surface area contributed by atoms with E-state index in [1.165, 1.54) is 17.2 Å². The molecule has 1 aromatic carbocycles. The third-order valence-corrected chi connectivity index (χ3v) is 4.78. The van der Waals surface area contributed by atoms with Gasteiger partial charge in [-0.25, -0.2) is 4.39 Å². The number of fused-ring (bicyclic) bond motifs is 1. The molecule has 2 heterocycles. The van der Waals surface area contributed by atoms with Crippen molar-refractivity contribution in [1.82, 2.24) is 9.88 Å². The molecule has 0 saturated heterocycles. The number of pyridine rings is 1. The Kier molecular flexibility index (Phi) is 4.76. The SMILES string of the molecule is C[C@@H]1Cc2cc(O)c(F)cc2C(c2ccc(Br)cn2)N1CC(F)(F)F. The summed E-state index contributed by atoms with van der Waals surface area (Å²) in [6, 6.07) is 4.40. The second kappa shape index (κ2) is 6.57. The van der Waals surface area contributed by atoms with Crippen LogP contribution in [0.2, 0.25) is 0 Å². The van der Waals surface area contributed by atoms with Crippen LogP contribution in [-0.4, -0.2) is 33.8 Å². The second-order valence-electron chi connectivity index (χ2n) is 6.15. The third kappa shape index (κ3) is 3.79. The number of phenolic OH excluding ortho intramolecular Hbond substituents is 1. The van der Waals surface area contributed by atoms with Gasteiger partial charge >= 0.3 is 6.18 Å². The van der Waals surface area contributed by atoms with Crippen LogP contribution in [-0.2, 0) is 6.42 Å². The summed E-state index contributed by atoms with van der Waals surface area (Å²) >= 11 is 3.25. The van der Waals surface area contributed by atoms with Gasteiger partial charge in [-0.3, -0.25) is 9.88 Å². The number of rotatable bonds is 2. The summed E-state index contributed by atoms with van der Waals surface area (Å²) in [4.78, 5) is 5.50. The van der Waals surface area contributed by atoms with Crippen molar-refractivity contribution in [2.24, 2.45) is 0 Å². The minimum Gasteiger partial charge on any atom is -0.505 e. The molecule has 0 fully saturated rings. The lowest BCUT2D eigenvalue weighted by Crippen LogP contribution is -2.47. The van der Waals surface area contributed by atoms with Crippen LogP contribution >= 0.6 is 15.9 Å². The van der Waals surface area contributed by atoms with Crippen LogP contribution in [0.1, 0.15) is 29.8 Å². The van der Waals surface area contributed by atoms with E-state index in [9.17, 15) is 22.7 Å². The van der Waals surface area contributed by atoms with Crippen molar-refractivity contribution in [2.75, 3.05) is 6.54 Å². The van der Waals surface area contributed by atoms with Gasteiger partial charge in [-0.15, -0.1) is 0 Å². The lowest BCUT2D eigenvalue weighted by molar-refractivity contribution is -0.155. The third-order valence-electron chi connectivity index (χ3n) is 4.31. The van der Waals surface area contributed by atoms with E-state index < -0.39 is 36.4 Å². The van der Waals surface area contributed by atoms with Crippen LogP contribution in [0.5, 0.6) is 5.75 Å². The summed E-state index contributed by atoms with van der Waals surface area (Å²) in [5, 5.41) is 9.62. The predicted molar refractivity (Wildman–Crippen MR) is 87.8 cm³/mol. The Bertz CT molecular complexity index is 779. The van der Waals surface area contributed by atoms with E-state index in [1.54, 1.807) is 19.1 Å². The number of hydrogen-bond acceptors (Lipinski definition) is 3. The summed E-state index contributed by atoms with van der Waals surface area (Å²) in [5.74, 6) is -1.36. The molecule has 0 spiro atoms. The fourth-order valence-corrected chi connectivity index (χ4v) is 3.49. The van der Waals surface area contributed by atoms with Crippen molar-refractivity contribution in [1.29, 1.82) is 0 Å². The first-order valence-corrected chi connectivity index (χ1v) is 8.40. The fraction of sp³-hybridized carbons (Fsp3) is 0.353. The van der Waals surface area contributed by atoms with E-state index in [1.807, 2.05) is 0 Å². The number of alkyl halides is 3. The van der Waals surface area contributed by atoms with E-state index in [-0.39, 0.29) is 6.42 Å². The van der Waals surface area contributed by atoms with Crippen LogP contribution in [0.3, 0.4) is 0 Å². The molecule has 0 aliphatic carbocycles. The highest BCUT2D eigenvalue weighted by atomic mass is 79.9. The first-order chi connectivity index (χ1) is 11.7. The van der Waals surface area contributed by atoms with Crippen LogP contribution < -0.4 is 0 Å². The molecule has 8 heteroatoms. The van der Waals surface area contributed by atoms with Crippen LogP contribution in [0.15, 0.2) is 34.9 Å². The van der Waals surface area contributed by atoms with Gasteiger partial charge in [0.2, 0.25) is 0 Å². The molecular weight excluding hydrogens is 404 g/mol. The minimum absolute atomic E-state index is 0.284. The molecule has 0 radical (unpaired) electrons. The van der Waals surface area contributed by atoms with Crippen LogP contribution in [0.25, 0.3) is 0 Å². The van der Waals surface area contributed by atoms with Gasteiger partial charge in [0.1, 0.15) is 0 Å². The molecule has 0 saturated carbocycles. The zero-order valence-corrected chi connectivity index (χ0v) is 14.8. The first-order valence-electron chi connectivity index (χ1n) is 7.61. The van der Waals surface area contributed by atoms with Crippen molar-refractivity contribution in [2.45, 2.75) is 31.6 Å². The van der Waals surface area contributed by atoms with Crippen molar-refractivity contribution in [3.05, 3.63) is 57.6 Å². The van der Waals surface area contributed by atoms with Gasteiger partial charge in [-0.2, -0.15) is 13.2 Å². The Morgan fingerprint density at radius 1 is 1.32 bits per heavy atom. The van der Waals surface area contributed by atoms with Crippen molar-refractivity contribution >= 4 is 15.9 Å². The molecule has 3 nitrogen and oxygen atoms in total. The highest BCUT2D eigenvalue weighted by molar-refractivity contribution is 9.10. The van der Waals surface area contributed by atoms with Gasteiger partial charge in [0, 0.05) is 16.7 Å². The average Bonchev–Trinajstić information content (AvgIpc) is 2.50. The number of hydrogen-bond donors (Lipinski definition) is 1. The average molecular weight is 419 g/mol. The van der Waals surface area contributed by atoms with Gasteiger partial charge < -0.3 is 5.11 Å². The highest BCUT2D eigenvalue weighted by Crippen LogP contribution is 2.40. The molecule has 1 aliphatic rings. The molecule has 1 aromatic heterocycles. The molecule has 0 amide bonds. The summed E-state index contributed by atoms with van der Waals surface area (Å²) < 4.78 is 53.9. The Morgan fingerprint density at radius 2 is 2.04 bits per heavy atom. The zero-order chi connectivity index (χ0) is 18.4. The number of phenols is 1. The predicted octanol–water partition coefficient (Wildman–Crippen LogP) is 4.59. The molecule has 3 rings (SSSR count). The molecule has 2 aromatic rings. The summed E-state index contributed by atoms with van der Waals surface area (Å²) in [6.45, 7) is 0.555. The molecule has 2 atom stereocenters. The maximum atomic E-state index is 13.9. The van der Waals surface area contributed by atoms with E-state index in [4.69, 9.17) is 0 Å². The maximum Gasteiger partial charge on any atom is 0.401 e. The number of benzene rings is 1. The smallest absolute Gasteiger partial charge is 0.401 e. The summed E-state index contributed by atoms with van der Waals surface area (Å²) in [5.41, 5.74) is 1.41. The van der Waals surface area contributed by atoms with E-state index >= 15 is 0 Å². The Morgan fingerprint density at radius 3 is 2.64 bits per heavy atom. The topological polar surface area (TPSA) is 36.4 Å². The number of nitrogens with zero attached hydrogens (tertiary/aromatic N) is 2. The second-order valence-corrected chi connectivity index (χ2v) is 7.06. The van der Waals surface area contributed by atoms with E-state index in [0.29, 0.717) is 21.3 Å². The quantitative estimate of drug-likeness (QED) is 0.724. The van der Waals surface area contributed by atoms with Gasteiger partial charge in [-0.1, -0.05) is 0 Å². The number of aromatic nitrogens is 1. The Hall–Kier alpha value is -1.67. The highest BCUT2D eigenvalue weighted by Gasteiger charge is 2.41. The van der Waals surface area contributed by atoms with Crippen LogP contribution in [0.4, 0.5) is 17.6 Å². The zero-order valence-electron chi connectivity index (χ0n) is 13.2. The fourth-order valence-electron chi connectivity index (χ4n) is 3.25.